The summed E-state index contributed by atoms with van der Waals surface area (Å²) in [6, 6.07) is 9.02. The Labute approximate surface area is 117 Å². The van der Waals surface area contributed by atoms with E-state index in [4.69, 9.17) is 9.47 Å². The minimum absolute atomic E-state index is 0.566. The highest BCUT2D eigenvalue weighted by atomic mass is 16.5. The molecule has 0 fully saturated rings. The van der Waals surface area contributed by atoms with E-state index in [9.17, 15) is 0 Å². The zero-order valence-electron chi connectivity index (χ0n) is 12.4. The Bertz CT molecular complexity index is 324. The van der Waals surface area contributed by atoms with Crippen LogP contribution >= 0.6 is 0 Å². The molecular weight excluding hydrogens is 238 g/mol. The van der Waals surface area contributed by atoms with Crippen LogP contribution in [0.5, 0.6) is 5.75 Å². The molecule has 3 nitrogen and oxygen atoms in total. The van der Waals surface area contributed by atoms with Gasteiger partial charge in [-0.05, 0) is 57.4 Å². The van der Waals surface area contributed by atoms with Crippen LogP contribution in [0.2, 0.25) is 0 Å². The Morgan fingerprint density at radius 1 is 1.11 bits per heavy atom. The molecule has 0 saturated heterocycles. The summed E-state index contributed by atoms with van der Waals surface area (Å²) >= 11 is 0. The summed E-state index contributed by atoms with van der Waals surface area (Å²) in [7, 11) is 3.74. The highest BCUT2D eigenvalue weighted by Crippen LogP contribution is 2.14. The van der Waals surface area contributed by atoms with Crippen molar-refractivity contribution in [3.8, 4) is 5.75 Å². The molecule has 1 N–H and O–H groups in total. The van der Waals surface area contributed by atoms with E-state index in [2.05, 4.69) is 36.5 Å². The zero-order chi connectivity index (χ0) is 13.9. The van der Waals surface area contributed by atoms with E-state index in [-0.39, 0.29) is 0 Å². The summed E-state index contributed by atoms with van der Waals surface area (Å²) in [5, 5.41) is 3.26. The maximum absolute atomic E-state index is 5.69. The SMILES string of the molecule is CNC(C)CCc1ccc(OCCCCOC)cc1. The van der Waals surface area contributed by atoms with Crippen molar-refractivity contribution in [3.05, 3.63) is 29.8 Å². The van der Waals surface area contributed by atoms with Gasteiger partial charge in [-0.1, -0.05) is 12.1 Å². The predicted molar refractivity (Wildman–Crippen MR) is 79.9 cm³/mol. The van der Waals surface area contributed by atoms with Crippen LogP contribution in [0.15, 0.2) is 24.3 Å². The Balaban J connectivity index is 2.23. The van der Waals surface area contributed by atoms with Gasteiger partial charge in [0.15, 0.2) is 0 Å². The molecule has 1 aromatic rings. The van der Waals surface area contributed by atoms with E-state index < -0.39 is 0 Å². The first-order chi connectivity index (χ1) is 9.26. The van der Waals surface area contributed by atoms with Crippen molar-refractivity contribution < 1.29 is 9.47 Å². The van der Waals surface area contributed by atoms with Crippen LogP contribution in [0.25, 0.3) is 0 Å². The first kappa shape index (κ1) is 16.0. The molecule has 0 amide bonds. The minimum Gasteiger partial charge on any atom is -0.494 e. The van der Waals surface area contributed by atoms with Crippen molar-refractivity contribution in [3.63, 3.8) is 0 Å². The van der Waals surface area contributed by atoms with E-state index in [1.54, 1.807) is 7.11 Å². The molecule has 0 aliphatic heterocycles. The van der Waals surface area contributed by atoms with Gasteiger partial charge < -0.3 is 14.8 Å². The number of ether oxygens (including phenoxy) is 2. The number of methoxy groups -OCH3 is 1. The van der Waals surface area contributed by atoms with Crippen molar-refractivity contribution in [1.82, 2.24) is 5.32 Å². The summed E-state index contributed by atoms with van der Waals surface area (Å²) < 4.78 is 10.7. The van der Waals surface area contributed by atoms with E-state index in [1.165, 1.54) is 5.56 Å². The number of nitrogens with one attached hydrogen (secondary N) is 1. The average molecular weight is 265 g/mol. The lowest BCUT2D eigenvalue weighted by Gasteiger charge is -2.10. The number of rotatable bonds is 10. The van der Waals surface area contributed by atoms with Gasteiger partial charge >= 0.3 is 0 Å². The maximum Gasteiger partial charge on any atom is 0.119 e. The second kappa shape index (κ2) is 9.82. The lowest BCUT2D eigenvalue weighted by atomic mass is 10.1. The van der Waals surface area contributed by atoms with Crippen LogP contribution in [0, 0.1) is 0 Å². The summed E-state index contributed by atoms with van der Waals surface area (Å²) in [6.07, 6.45) is 4.36. The molecular formula is C16H27NO2. The molecule has 1 rings (SSSR count). The normalized spacial score (nSPS) is 12.4. The Kier molecular flexibility index (Phi) is 8.26. The molecule has 0 radical (unpaired) electrons. The Hall–Kier alpha value is -1.06. The molecule has 1 unspecified atom stereocenters. The summed E-state index contributed by atoms with van der Waals surface area (Å²) in [5.41, 5.74) is 1.37. The standard InChI is InChI=1S/C16H27NO2/c1-14(17-2)6-7-15-8-10-16(11-9-15)19-13-5-4-12-18-3/h8-11,14,17H,4-7,12-13H2,1-3H3. The Morgan fingerprint density at radius 2 is 1.79 bits per heavy atom. The molecule has 1 aromatic carbocycles. The van der Waals surface area contributed by atoms with Crippen molar-refractivity contribution in [2.75, 3.05) is 27.4 Å². The van der Waals surface area contributed by atoms with Gasteiger partial charge in [-0.25, -0.2) is 0 Å². The lowest BCUT2D eigenvalue weighted by Crippen LogP contribution is -2.21. The number of aryl methyl sites for hydroxylation is 1. The third kappa shape index (κ3) is 7.19. The van der Waals surface area contributed by atoms with Gasteiger partial charge in [0.2, 0.25) is 0 Å². The monoisotopic (exact) mass is 265 g/mol. The molecule has 0 aliphatic rings. The number of hydrogen-bond donors (Lipinski definition) is 1. The molecule has 0 spiro atoms. The molecule has 108 valence electrons. The predicted octanol–water partition coefficient (Wildman–Crippen LogP) is 3.03. The maximum atomic E-state index is 5.69. The van der Waals surface area contributed by atoms with Crippen LogP contribution in [0.3, 0.4) is 0 Å². The van der Waals surface area contributed by atoms with Crippen LogP contribution in [0.1, 0.15) is 31.7 Å². The molecule has 0 heterocycles. The average Bonchev–Trinajstić information content (AvgIpc) is 2.45. The number of hydrogen-bond acceptors (Lipinski definition) is 3. The second-order valence-electron chi connectivity index (χ2n) is 4.92. The smallest absolute Gasteiger partial charge is 0.119 e. The minimum atomic E-state index is 0.566. The van der Waals surface area contributed by atoms with Crippen molar-refractivity contribution in [2.45, 2.75) is 38.6 Å². The largest absolute Gasteiger partial charge is 0.494 e. The van der Waals surface area contributed by atoms with Crippen LogP contribution in [-0.2, 0) is 11.2 Å². The van der Waals surface area contributed by atoms with Gasteiger partial charge in [-0.15, -0.1) is 0 Å². The first-order valence-electron chi connectivity index (χ1n) is 7.14. The first-order valence-corrected chi connectivity index (χ1v) is 7.14. The van der Waals surface area contributed by atoms with Crippen molar-refractivity contribution in [1.29, 1.82) is 0 Å². The van der Waals surface area contributed by atoms with Gasteiger partial charge in [0, 0.05) is 19.8 Å². The molecule has 3 heteroatoms. The van der Waals surface area contributed by atoms with Gasteiger partial charge in [-0.2, -0.15) is 0 Å². The number of benzene rings is 1. The Morgan fingerprint density at radius 3 is 2.42 bits per heavy atom. The van der Waals surface area contributed by atoms with Crippen LogP contribution in [-0.4, -0.2) is 33.4 Å². The molecule has 0 bridgehead atoms. The highest BCUT2D eigenvalue weighted by molar-refractivity contribution is 5.27. The van der Waals surface area contributed by atoms with E-state index >= 15 is 0 Å². The van der Waals surface area contributed by atoms with Crippen LogP contribution in [0.4, 0.5) is 0 Å². The van der Waals surface area contributed by atoms with E-state index in [1.807, 2.05) is 7.05 Å². The van der Waals surface area contributed by atoms with Gasteiger partial charge in [0.25, 0.3) is 0 Å². The molecule has 0 aliphatic carbocycles. The highest BCUT2D eigenvalue weighted by Gasteiger charge is 2.00. The summed E-state index contributed by atoms with van der Waals surface area (Å²) in [4.78, 5) is 0. The molecule has 0 aromatic heterocycles. The fourth-order valence-electron chi connectivity index (χ4n) is 1.82. The van der Waals surface area contributed by atoms with Gasteiger partial charge in [0.1, 0.15) is 5.75 Å². The van der Waals surface area contributed by atoms with Gasteiger partial charge in [-0.3, -0.25) is 0 Å². The van der Waals surface area contributed by atoms with Crippen LogP contribution < -0.4 is 10.1 Å². The van der Waals surface area contributed by atoms with Crippen molar-refractivity contribution in [2.24, 2.45) is 0 Å². The summed E-state index contributed by atoms with van der Waals surface area (Å²) in [5.74, 6) is 0.961. The second-order valence-corrected chi connectivity index (χ2v) is 4.92. The quantitative estimate of drug-likeness (QED) is 0.660. The summed E-state index contributed by atoms with van der Waals surface area (Å²) in [6.45, 7) is 3.78. The third-order valence-corrected chi connectivity index (χ3v) is 3.29. The number of unbranched alkanes of at least 4 members (excludes halogenated alkanes) is 1. The van der Waals surface area contributed by atoms with Gasteiger partial charge in [0.05, 0.1) is 6.61 Å². The topological polar surface area (TPSA) is 30.5 Å². The van der Waals surface area contributed by atoms with E-state index in [0.717, 1.165) is 44.6 Å². The zero-order valence-corrected chi connectivity index (χ0v) is 12.4. The fourth-order valence-corrected chi connectivity index (χ4v) is 1.82. The van der Waals surface area contributed by atoms with Crippen molar-refractivity contribution >= 4 is 0 Å². The third-order valence-electron chi connectivity index (χ3n) is 3.29. The lowest BCUT2D eigenvalue weighted by molar-refractivity contribution is 0.184. The van der Waals surface area contributed by atoms with E-state index in [0.29, 0.717) is 6.04 Å². The fraction of sp³-hybridized carbons (Fsp3) is 0.625. The molecule has 0 saturated carbocycles. The molecule has 19 heavy (non-hydrogen) atoms. The molecule has 1 atom stereocenters.